The molecule has 1 aromatic heterocycles. The standard InChI is InChI=1S/C15H16FN3/c1-2-15(18)12-5-6-19(9-12)10-13-7-14(16)4-3-11(13)8-17/h3-7,9,15H,2,10,18H2,1H3. The van der Waals surface area contributed by atoms with Crippen molar-refractivity contribution in [3.63, 3.8) is 0 Å². The number of benzene rings is 1. The van der Waals surface area contributed by atoms with Crippen LogP contribution in [0.5, 0.6) is 0 Å². The molecule has 1 atom stereocenters. The molecule has 3 nitrogen and oxygen atoms in total. The summed E-state index contributed by atoms with van der Waals surface area (Å²) in [6.07, 6.45) is 4.71. The summed E-state index contributed by atoms with van der Waals surface area (Å²) < 4.78 is 15.2. The van der Waals surface area contributed by atoms with Crippen LogP contribution in [0.1, 0.15) is 36.1 Å². The highest BCUT2D eigenvalue weighted by Crippen LogP contribution is 2.17. The first-order valence-electron chi connectivity index (χ1n) is 6.23. The van der Waals surface area contributed by atoms with Crippen LogP contribution in [0.3, 0.4) is 0 Å². The van der Waals surface area contributed by atoms with Crippen LogP contribution in [-0.4, -0.2) is 4.57 Å². The van der Waals surface area contributed by atoms with Crippen LogP contribution in [0.4, 0.5) is 4.39 Å². The Balaban J connectivity index is 2.24. The van der Waals surface area contributed by atoms with Crippen molar-refractivity contribution in [1.29, 1.82) is 5.26 Å². The molecule has 2 rings (SSSR count). The van der Waals surface area contributed by atoms with Crippen LogP contribution in [0.25, 0.3) is 0 Å². The van der Waals surface area contributed by atoms with E-state index in [0.29, 0.717) is 17.7 Å². The molecule has 19 heavy (non-hydrogen) atoms. The summed E-state index contributed by atoms with van der Waals surface area (Å²) in [5, 5.41) is 9.02. The zero-order valence-electron chi connectivity index (χ0n) is 10.8. The van der Waals surface area contributed by atoms with Gasteiger partial charge in [-0.05, 0) is 41.8 Å². The fraction of sp³-hybridized carbons (Fsp3) is 0.267. The van der Waals surface area contributed by atoms with Crippen LogP contribution < -0.4 is 5.73 Å². The zero-order chi connectivity index (χ0) is 13.8. The molecule has 2 aromatic rings. The molecule has 0 aliphatic carbocycles. The zero-order valence-corrected chi connectivity index (χ0v) is 10.8. The second-order valence-corrected chi connectivity index (χ2v) is 4.55. The van der Waals surface area contributed by atoms with E-state index in [2.05, 4.69) is 6.07 Å². The lowest BCUT2D eigenvalue weighted by molar-refractivity contribution is 0.623. The molecule has 98 valence electrons. The maximum atomic E-state index is 13.2. The number of rotatable bonds is 4. The Hall–Kier alpha value is -2.12. The lowest BCUT2D eigenvalue weighted by Gasteiger charge is -2.07. The summed E-state index contributed by atoms with van der Waals surface area (Å²) in [4.78, 5) is 0. The number of aromatic nitrogens is 1. The van der Waals surface area contributed by atoms with E-state index in [1.54, 1.807) is 0 Å². The van der Waals surface area contributed by atoms with E-state index in [-0.39, 0.29) is 11.9 Å². The van der Waals surface area contributed by atoms with Gasteiger partial charge in [0.05, 0.1) is 11.6 Å². The molecule has 0 saturated heterocycles. The van der Waals surface area contributed by atoms with Gasteiger partial charge in [0.2, 0.25) is 0 Å². The maximum absolute atomic E-state index is 13.2. The largest absolute Gasteiger partial charge is 0.350 e. The summed E-state index contributed by atoms with van der Waals surface area (Å²) in [6, 6.07) is 8.26. The van der Waals surface area contributed by atoms with Gasteiger partial charge in [-0.2, -0.15) is 5.26 Å². The minimum atomic E-state index is -0.327. The van der Waals surface area contributed by atoms with Gasteiger partial charge < -0.3 is 10.3 Å². The Labute approximate surface area is 112 Å². The third-order valence-corrected chi connectivity index (χ3v) is 3.18. The van der Waals surface area contributed by atoms with E-state index >= 15 is 0 Å². The molecular formula is C15H16FN3. The first-order valence-corrected chi connectivity index (χ1v) is 6.23. The molecule has 0 amide bonds. The van der Waals surface area contributed by atoms with Gasteiger partial charge in [-0.25, -0.2) is 4.39 Å². The molecule has 4 heteroatoms. The van der Waals surface area contributed by atoms with Gasteiger partial charge >= 0.3 is 0 Å². The minimum Gasteiger partial charge on any atom is -0.350 e. The molecule has 1 heterocycles. The predicted molar refractivity (Wildman–Crippen MR) is 71.9 cm³/mol. The van der Waals surface area contributed by atoms with Crippen LogP contribution in [-0.2, 0) is 6.54 Å². The number of nitrogens with two attached hydrogens (primary N) is 1. The number of nitriles is 1. The number of nitrogens with zero attached hydrogens (tertiary/aromatic N) is 2. The summed E-state index contributed by atoms with van der Waals surface area (Å²) in [5.74, 6) is -0.327. The quantitative estimate of drug-likeness (QED) is 0.915. The molecule has 0 saturated carbocycles. The molecular weight excluding hydrogens is 241 g/mol. The van der Waals surface area contributed by atoms with Gasteiger partial charge in [-0.15, -0.1) is 0 Å². The molecule has 0 spiro atoms. The van der Waals surface area contributed by atoms with Crippen molar-refractivity contribution in [3.8, 4) is 6.07 Å². The summed E-state index contributed by atoms with van der Waals surface area (Å²) >= 11 is 0. The first-order chi connectivity index (χ1) is 9.13. The van der Waals surface area contributed by atoms with E-state index in [9.17, 15) is 4.39 Å². The Morgan fingerprint density at radius 2 is 2.21 bits per heavy atom. The van der Waals surface area contributed by atoms with Gasteiger partial charge in [-0.1, -0.05) is 6.92 Å². The fourth-order valence-electron chi connectivity index (χ4n) is 2.01. The third kappa shape index (κ3) is 3.01. The highest BCUT2D eigenvalue weighted by Gasteiger charge is 2.08. The van der Waals surface area contributed by atoms with E-state index in [0.717, 1.165) is 12.0 Å². The van der Waals surface area contributed by atoms with Crippen LogP contribution in [0.15, 0.2) is 36.7 Å². The van der Waals surface area contributed by atoms with Crippen LogP contribution in [0, 0.1) is 17.1 Å². The SMILES string of the molecule is CCC(N)c1ccn(Cc2cc(F)ccc2C#N)c1. The molecule has 1 aromatic carbocycles. The smallest absolute Gasteiger partial charge is 0.123 e. The van der Waals surface area contributed by atoms with Gasteiger partial charge in [0.15, 0.2) is 0 Å². The van der Waals surface area contributed by atoms with E-state index in [1.807, 2.05) is 30.0 Å². The second kappa shape index (κ2) is 5.68. The van der Waals surface area contributed by atoms with Gasteiger partial charge in [0.1, 0.15) is 5.82 Å². The molecule has 2 N–H and O–H groups in total. The van der Waals surface area contributed by atoms with E-state index in [1.165, 1.54) is 18.2 Å². The first kappa shape index (κ1) is 13.3. The predicted octanol–water partition coefficient (Wildman–Crippen LogP) is 2.96. The molecule has 0 bridgehead atoms. The average molecular weight is 257 g/mol. The van der Waals surface area contributed by atoms with Gasteiger partial charge in [0.25, 0.3) is 0 Å². The molecule has 0 fully saturated rings. The Morgan fingerprint density at radius 1 is 1.42 bits per heavy atom. The number of hydrogen-bond donors (Lipinski definition) is 1. The minimum absolute atomic E-state index is 0.0178. The molecule has 0 radical (unpaired) electrons. The monoisotopic (exact) mass is 257 g/mol. The van der Waals surface area contributed by atoms with Crippen molar-refractivity contribution < 1.29 is 4.39 Å². The van der Waals surface area contributed by atoms with Crippen molar-refractivity contribution in [2.24, 2.45) is 5.73 Å². The van der Waals surface area contributed by atoms with E-state index in [4.69, 9.17) is 11.0 Å². The number of hydrogen-bond acceptors (Lipinski definition) is 2. The lowest BCUT2D eigenvalue weighted by Crippen LogP contribution is -2.07. The van der Waals surface area contributed by atoms with Crippen molar-refractivity contribution in [1.82, 2.24) is 4.57 Å². The molecule has 0 aliphatic rings. The Morgan fingerprint density at radius 3 is 2.89 bits per heavy atom. The highest BCUT2D eigenvalue weighted by atomic mass is 19.1. The number of halogens is 1. The van der Waals surface area contributed by atoms with Crippen molar-refractivity contribution >= 4 is 0 Å². The van der Waals surface area contributed by atoms with Crippen molar-refractivity contribution in [3.05, 3.63) is 59.2 Å². The Bertz CT molecular complexity index is 610. The van der Waals surface area contributed by atoms with Crippen LogP contribution >= 0.6 is 0 Å². The molecule has 1 unspecified atom stereocenters. The average Bonchev–Trinajstić information content (AvgIpc) is 2.86. The Kier molecular flexibility index (Phi) is 3.98. The molecule has 0 aliphatic heterocycles. The van der Waals surface area contributed by atoms with Gasteiger partial charge in [0, 0.05) is 25.0 Å². The summed E-state index contributed by atoms with van der Waals surface area (Å²) in [7, 11) is 0. The summed E-state index contributed by atoms with van der Waals surface area (Å²) in [5.41, 5.74) is 8.18. The topological polar surface area (TPSA) is 54.7 Å². The second-order valence-electron chi connectivity index (χ2n) is 4.55. The third-order valence-electron chi connectivity index (χ3n) is 3.18. The summed E-state index contributed by atoms with van der Waals surface area (Å²) in [6.45, 7) is 2.50. The van der Waals surface area contributed by atoms with Crippen molar-refractivity contribution in [2.75, 3.05) is 0 Å². The van der Waals surface area contributed by atoms with Crippen molar-refractivity contribution in [2.45, 2.75) is 25.9 Å². The normalized spacial score (nSPS) is 12.1. The maximum Gasteiger partial charge on any atom is 0.123 e. The fourth-order valence-corrected chi connectivity index (χ4v) is 2.01. The van der Waals surface area contributed by atoms with E-state index < -0.39 is 0 Å². The highest BCUT2D eigenvalue weighted by molar-refractivity contribution is 5.38. The lowest BCUT2D eigenvalue weighted by atomic mass is 10.1. The van der Waals surface area contributed by atoms with Crippen LogP contribution in [0.2, 0.25) is 0 Å². The van der Waals surface area contributed by atoms with Gasteiger partial charge in [-0.3, -0.25) is 0 Å².